The van der Waals surface area contributed by atoms with Crippen LogP contribution in [0.2, 0.25) is 0 Å². The van der Waals surface area contributed by atoms with E-state index in [0.29, 0.717) is 13.1 Å². The summed E-state index contributed by atoms with van der Waals surface area (Å²) in [5.41, 5.74) is 3.63. The molecule has 0 fully saturated rings. The van der Waals surface area contributed by atoms with Crippen LogP contribution in [0.25, 0.3) is 16.5 Å². The fourth-order valence-electron chi connectivity index (χ4n) is 2.93. The lowest BCUT2D eigenvalue weighted by Gasteiger charge is -2.28. The van der Waals surface area contributed by atoms with Gasteiger partial charge in [-0.25, -0.2) is 0 Å². The largest absolute Gasteiger partial charge is 0.350 e. The third-order valence-electron chi connectivity index (χ3n) is 4.20. The molecule has 0 spiro atoms. The fourth-order valence-corrected chi connectivity index (χ4v) is 3.98. The minimum Gasteiger partial charge on any atom is -0.350 e. The number of para-hydroxylation sites is 1. The Bertz CT molecular complexity index is 834. The van der Waals surface area contributed by atoms with E-state index in [1.165, 1.54) is 30.6 Å². The molecule has 118 valence electrons. The van der Waals surface area contributed by atoms with Crippen LogP contribution >= 0.6 is 0 Å². The number of aryl methyl sites for hydroxylation is 1. The minimum absolute atomic E-state index is 0.430. The highest BCUT2D eigenvalue weighted by Crippen LogP contribution is 2.31. The van der Waals surface area contributed by atoms with Gasteiger partial charge in [-0.2, -0.15) is 17.0 Å². The summed E-state index contributed by atoms with van der Waals surface area (Å²) in [6.45, 7) is 0.953. The average Bonchev–Trinajstić information content (AvgIpc) is 2.85. The first-order valence-electron chi connectivity index (χ1n) is 7.32. The Hall–Kier alpha value is -1.63. The predicted molar refractivity (Wildman–Crippen MR) is 89.7 cm³/mol. The molecule has 6 heteroatoms. The number of benzene rings is 1. The van der Waals surface area contributed by atoms with E-state index in [9.17, 15) is 8.42 Å². The van der Waals surface area contributed by atoms with Gasteiger partial charge in [0.15, 0.2) is 0 Å². The van der Waals surface area contributed by atoms with Gasteiger partial charge in [0, 0.05) is 56.9 Å². The first kappa shape index (κ1) is 15.3. The van der Waals surface area contributed by atoms with Gasteiger partial charge in [-0.3, -0.25) is 0 Å². The molecule has 0 atom stereocenters. The standard InChI is InChI=1S/C16H21N3O2S/c1-17(2)22(20,21)19-10-8-13(9-11-19)15-12-18(3)16-7-5-4-6-14(15)16/h4-8,12H,9-11H2,1-3H3. The summed E-state index contributed by atoms with van der Waals surface area (Å²) in [6.07, 6.45) is 4.90. The van der Waals surface area contributed by atoms with Gasteiger partial charge in [0.1, 0.15) is 0 Å². The zero-order valence-corrected chi connectivity index (χ0v) is 14.0. The Morgan fingerprint density at radius 1 is 1.18 bits per heavy atom. The molecule has 2 aromatic rings. The first-order chi connectivity index (χ1) is 10.4. The molecule has 1 aliphatic heterocycles. The van der Waals surface area contributed by atoms with E-state index >= 15 is 0 Å². The molecule has 0 saturated carbocycles. The van der Waals surface area contributed by atoms with Gasteiger partial charge in [0.05, 0.1) is 0 Å². The van der Waals surface area contributed by atoms with Crippen LogP contribution in [0.15, 0.2) is 36.5 Å². The van der Waals surface area contributed by atoms with Crippen LogP contribution in [0.5, 0.6) is 0 Å². The molecule has 2 heterocycles. The van der Waals surface area contributed by atoms with Crippen LogP contribution in [0.3, 0.4) is 0 Å². The lowest BCUT2D eigenvalue weighted by molar-refractivity contribution is 0.397. The molecule has 0 bridgehead atoms. The lowest BCUT2D eigenvalue weighted by Crippen LogP contribution is -2.42. The Labute approximate surface area is 131 Å². The summed E-state index contributed by atoms with van der Waals surface area (Å²) in [4.78, 5) is 0. The minimum atomic E-state index is -3.33. The van der Waals surface area contributed by atoms with Crippen LogP contribution in [-0.2, 0) is 17.3 Å². The second kappa shape index (κ2) is 5.53. The Morgan fingerprint density at radius 2 is 1.91 bits per heavy atom. The van der Waals surface area contributed by atoms with Crippen molar-refractivity contribution in [2.45, 2.75) is 6.42 Å². The van der Waals surface area contributed by atoms with Crippen LogP contribution in [0.4, 0.5) is 0 Å². The van der Waals surface area contributed by atoms with E-state index in [-0.39, 0.29) is 0 Å². The summed E-state index contributed by atoms with van der Waals surface area (Å²) in [6, 6.07) is 8.30. The number of aromatic nitrogens is 1. The molecule has 1 aromatic heterocycles. The molecule has 5 nitrogen and oxygen atoms in total. The van der Waals surface area contributed by atoms with Gasteiger partial charge in [0.2, 0.25) is 0 Å². The second-order valence-corrected chi connectivity index (χ2v) is 7.94. The van der Waals surface area contributed by atoms with Crippen LogP contribution in [0.1, 0.15) is 12.0 Å². The van der Waals surface area contributed by atoms with Crippen LogP contribution in [-0.4, -0.2) is 48.8 Å². The SMILES string of the molecule is CN(C)S(=O)(=O)N1CC=C(c2cn(C)c3ccccc23)CC1. The number of nitrogens with zero attached hydrogens (tertiary/aromatic N) is 3. The molecule has 0 saturated heterocycles. The maximum atomic E-state index is 12.2. The third-order valence-corrected chi connectivity index (χ3v) is 6.11. The summed E-state index contributed by atoms with van der Waals surface area (Å²) in [7, 11) is 1.85. The Morgan fingerprint density at radius 3 is 2.55 bits per heavy atom. The van der Waals surface area contributed by atoms with Crippen molar-refractivity contribution < 1.29 is 8.42 Å². The van der Waals surface area contributed by atoms with Crippen molar-refractivity contribution in [3.05, 3.63) is 42.1 Å². The molecule has 0 N–H and O–H groups in total. The van der Waals surface area contributed by atoms with E-state index in [1.807, 2.05) is 25.3 Å². The quantitative estimate of drug-likeness (QED) is 0.869. The molecule has 1 aliphatic rings. The molecule has 3 rings (SSSR count). The van der Waals surface area contributed by atoms with Gasteiger partial charge in [0.25, 0.3) is 10.2 Å². The zero-order valence-electron chi connectivity index (χ0n) is 13.2. The zero-order chi connectivity index (χ0) is 15.9. The molecule has 0 unspecified atom stereocenters. The highest BCUT2D eigenvalue weighted by Gasteiger charge is 2.26. The predicted octanol–water partition coefficient (Wildman–Crippen LogP) is 2.07. The van der Waals surface area contributed by atoms with Crippen LogP contribution in [0, 0.1) is 0 Å². The molecule has 1 aromatic carbocycles. The number of fused-ring (bicyclic) bond motifs is 1. The number of hydrogen-bond acceptors (Lipinski definition) is 2. The van der Waals surface area contributed by atoms with Gasteiger partial charge in [-0.1, -0.05) is 24.3 Å². The Kier molecular flexibility index (Phi) is 3.84. The maximum absolute atomic E-state index is 12.2. The molecular weight excluding hydrogens is 298 g/mol. The molecule has 0 aliphatic carbocycles. The van der Waals surface area contributed by atoms with Crippen molar-refractivity contribution in [2.75, 3.05) is 27.2 Å². The highest BCUT2D eigenvalue weighted by molar-refractivity contribution is 7.86. The summed E-state index contributed by atoms with van der Waals surface area (Å²) in [5.74, 6) is 0. The lowest BCUT2D eigenvalue weighted by atomic mass is 10.00. The third kappa shape index (κ3) is 2.47. The van der Waals surface area contributed by atoms with E-state index < -0.39 is 10.2 Å². The van der Waals surface area contributed by atoms with Crippen molar-refractivity contribution in [1.82, 2.24) is 13.2 Å². The topological polar surface area (TPSA) is 45.6 Å². The van der Waals surface area contributed by atoms with Crippen molar-refractivity contribution in [3.63, 3.8) is 0 Å². The van der Waals surface area contributed by atoms with Crippen molar-refractivity contribution in [3.8, 4) is 0 Å². The summed E-state index contributed by atoms with van der Waals surface area (Å²) in [5, 5.41) is 1.22. The molecule has 0 amide bonds. The smallest absolute Gasteiger partial charge is 0.281 e. The Balaban J connectivity index is 1.93. The van der Waals surface area contributed by atoms with Gasteiger partial charge in [-0.15, -0.1) is 0 Å². The van der Waals surface area contributed by atoms with E-state index in [4.69, 9.17) is 0 Å². The second-order valence-electron chi connectivity index (χ2n) is 5.80. The first-order valence-corrected chi connectivity index (χ1v) is 8.72. The molecule has 0 radical (unpaired) electrons. The normalized spacial score (nSPS) is 17.2. The van der Waals surface area contributed by atoms with Crippen molar-refractivity contribution in [2.24, 2.45) is 7.05 Å². The monoisotopic (exact) mass is 319 g/mol. The number of hydrogen-bond donors (Lipinski definition) is 0. The van der Waals surface area contributed by atoms with Crippen molar-refractivity contribution >= 4 is 26.7 Å². The fraction of sp³-hybridized carbons (Fsp3) is 0.375. The van der Waals surface area contributed by atoms with Crippen LogP contribution < -0.4 is 0 Å². The number of rotatable bonds is 3. The summed E-state index contributed by atoms with van der Waals surface area (Å²) < 4.78 is 29.2. The highest BCUT2D eigenvalue weighted by atomic mass is 32.2. The van der Waals surface area contributed by atoms with Gasteiger partial charge in [-0.05, 0) is 18.1 Å². The average molecular weight is 319 g/mol. The summed E-state index contributed by atoms with van der Waals surface area (Å²) >= 11 is 0. The maximum Gasteiger partial charge on any atom is 0.281 e. The van der Waals surface area contributed by atoms with Crippen molar-refractivity contribution in [1.29, 1.82) is 0 Å². The molecular formula is C16H21N3O2S. The van der Waals surface area contributed by atoms with E-state index in [1.54, 1.807) is 14.1 Å². The molecule has 22 heavy (non-hydrogen) atoms. The van der Waals surface area contributed by atoms with E-state index in [2.05, 4.69) is 22.9 Å². The van der Waals surface area contributed by atoms with E-state index in [0.717, 1.165) is 6.42 Å². The van der Waals surface area contributed by atoms with Gasteiger partial charge < -0.3 is 4.57 Å². The van der Waals surface area contributed by atoms with Gasteiger partial charge >= 0.3 is 0 Å².